The summed E-state index contributed by atoms with van der Waals surface area (Å²) in [5.74, 6) is 0.961. The van der Waals surface area contributed by atoms with E-state index < -0.39 is 0 Å². The second-order valence-electron chi connectivity index (χ2n) is 3.78. The molecule has 0 N–H and O–H groups in total. The molecule has 0 radical (unpaired) electrons. The topological polar surface area (TPSA) is 0 Å². The van der Waals surface area contributed by atoms with E-state index in [-0.39, 0.29) is 7.43 Å². The van der Waals surface area contributed by atoms with E-state index >= 15 is 0 Å². The molecule has 0 spiro atoms. The Hall–Kier alpha value is 0. The van der Waals surface area contributed by atoms with E-state index in [4.69, 9.17) is 0 Å². The van der Waals surface area contributed by atoms with Gasteiger partial charge in [-0.15, -0.1) is 0 Å². The zero-order valence-corrected chi connectivity index (χ0v) is 8.20. The molecule has 1 atom stereocenters. The van der Waals surface area contributed by atoms with Crippen LogP contribution >= 0.6 is 0 Å². The van der Waals surface area contributed by atoms with Crippen LogP contribution in [0.2, 0.25) is 0 Å². The highest BCUT2D eigenvalue weighted by atomic mass is 14.4. The molecule has 70 valence electrons. The van der Waals surface area contributed by atoms with Crippen molar-refractivity contribution >= 4 is 0 Å². The van der Waals surface area contributed by atoms with Crippen LogP contribution in [-0.4, -0.2) is 0 Å². The standard InChI is InChI=1S/C8H16.C2H6.CH4/c1-7-5-4-6-8(7,2)3;1-2;/h7H,4-6H2,1-3H3;1-2H3;1H4. The Kier molecular flexibility index (Phi) is 6.94. The summed E-state index contributed by atoms with van der Waals surface area (Å²) in [7, 11) is 0. The fraction of sp³-hybridized carbons (Fsp3) is 1.00. The highest BCUT2D eigenvalue weighted by Gasteiger charge is 2.30. The lowest BCUT2D eigenvalue weighted by atomic mass is 9.83. The predicted molar refractivity (Wildman–Crippen MR) is 54.9 cm³/mol. The van der Waals surface area contributed by atoms with Crippen LogP contribution in [0.3, 0.4) is 0 Å². The van der Waals surface area contributed by atoms with Crippen molar-refractivity contribution in [3.63, 3.8) is 0 Å². The highest BCUT2D eigenvalue weighted by molar-refractivity contribution is 4.81. The van der Waals surface area contributed by atoms with E-state index in [1.165, 1.54) is 19.3 Å². The fourth-order valence-corrected chi connectivity index (χ4v) is 1.50. The summed E-state index contributed by atoms with van der Waals surface area (Å²) < 4.78 is 0. The van der Waals surface area contributed by atoms with Crippen molar-refractivity contribution in [2.45, 2.75) is 61.3 Å². The first-order valence-corrected chi connectivity index (χ1v) is 4.63. The maximum atomic E-state index is 2.38. The maximum absolute atomic E-state index is 2.38. The van der Waals surface area contributed by atoms with Gasteiger partial charge in [-0.1, -0.05) is 54.9 Å². The van der Waals surface area contributed by atoms with Gasteiger partial charge in [0, 0.05) is 0 Å². The first kappa shape index (κ1) is 13.6. The van der Waals surface area contributed by atoms with Crippen LogP contribution in [0.4, 0.5) is 0 Å². The largest absolute Gasteiger partial charge is 0.0776 e. The van der Waals surface area contributed by atoms with Crippen molar-refractivity contribution in [2.75, 3.05) is 0 Å². The van der Waals surface area contributed by atoms with Gasteiger partial charge < -0.3 is 0 Å². The minimum atomic E-state index is 0. The van der Waals surface area contributed by atoms with Crippen LogP contribution in [0, 0.1) is 11.3 Å². The zero-order chi connectivity index (χ0) is 8.20. The van der Waals surface area contributed by atoms with Gasteiger partial charge in [-0.2, -0.15) is 0 Å². The summed E-state index contributed by atoms with van der Waals surface area (Å²) in [5, 5.41) is 0. The fourth-order valence-electron chi connectivity index (χ4n) is 1.50. The van der Waals surface area contributed by atoms with Crippen molar-refractivity contribution < 1.29 is 0 Å². The molecule has 1 fully saturated rings. The summed E-state index contributed by atoms with van der Waals surface area (Å²) >= 11 is 0. The van der Waals surface area contributed by atoms with E-state index in [9.17, 15) is 0 Å². The smallest absolute Gasteiger partial charge is 0.0329 e. The minimum absolute atomic E-state index is 0. The van der Waals surface area contributed by atoms with Gasteiger partial charge in [-0.25, -0.2) is 0 Å². The van der Waals surface area contributed by atoms with Gasteiger partial charge in [0.15, 0.2) is 0 Å². The molecule has 0 aromatic rings. The molecule has 1 aliphatic rings. The van der Waals surface area contributed by atoms with Gasteiger partial charge in [0.25, 0.3) is 0 Å². The van der Waals surface area contributed by atoms with E-state index in [2.05, 4.69) is 20.8 Å². The Morgan fingerprint density at radius 3 is 1.73 bits per heavy atom. The molecule has 0 bridgehead atoms. The van der Waals surface area contributed by atoms with Gasteiger partial charge in [-0.3, -0.25) is 0 Å². The molecule has 0 heteroatoms. The average molecular weight is 158 g/mol. The van der Waals surface area contributed by atoms with Crippen LogP contribution in [0.1, 0.15) is 61.3 Å². The molecule has 0 aromatic carbocycles. The van der Waals surface area contributed by atoms with Crippen molar-refractivity contribution in [3.05, 3.63) is 0 Å². The van der Waals surface area contributed by atoms with Crippen LogP contribution < -0.4 is 0 Å². The second-order valence-corrected chi connectivity index (χ2v) is 3.78. The molecule has 1 aliphatic carbocycles. The molecule has 1 rings (SSSR count). The van der Waals surface area contributed by atoms with Crippen LogP contribution in [0.5, 0.6) is 0 Å². The van der Waals surface area contributed by atoms with E-state index in [1.807, 2.05) is 13.8 Å². The minimum Gasteiger partial charge on any atom is -0.0776 e. The summed E-state index contributed by atoms with van der Waals surface area (Å²) in [4.78, 5) is 0. The molecular formula is C11H26. The Labute approximate surface area is 73.4 Å². The predicted octanol–water partition coefficient (Wildman–Crippen LogP) is 4.49. The molecular weight excluding hydrogens is 132 g/mol. The van der Waals surface area contributed by atoms with Crippen LogP contribution in [0.15, 0.2) is 0 Å². The lowest BCUT2D eigenvalue weighted by Crippen LogP contribution is -2.13. The van der Waals surface area contributed by atoms with Crippen LogP contribution in [0.25, 0.3) is 0 Å². The van der Waals surface area contributed by atoms with Crippen molar-refractivity contribution in [2.24, 2.45) is 11.3 Å². The highest BCUT2D eigenvalue weighted by Crippen LogP contribution is 2.41. The molecule has 1 unspecified atom stereocenters. The van der Waals surface area contributed by atoms with Crippen molar-refractivity contribution in [1.82, 2.24) is 0 Å². The molecule has 0 amide bonds. The molecule has 0 aliphatic heterocycles. The average Bonchev–Trinajstić information content (AvgIpc) is 2.17. The van der Waals surface area contributed by atoms with E-state index in [0.717, 1.165) is 5.92 Å². The summed E-state index contributed by atoms with van der Waals surface area (Å²) in [6.07, 6.45) is 4.34. The third kappa shape index (κ3) is 3.79. The quantitative estimate of drug-likeness (QED) is 0.487. The Morgan fingerprint density at radius 2 is 1.64 bits per heavy atom. The first-order chi connectivity index (χ1) is 4.63. The lowest BCUT2D eigenvalue weighted by Gasteiger charge is -2.22. The third-order valence-electron chi connectivity index (χ3n) is 2.79. The lowest BCUT2D eigenvalue weighted by molar-refractivity contribution is 0.281. The molecule has 0 saturated heterocycles. The first-order valence-electron chi connectivity index (χ1n) is 4.63. The van der Waals surface area contributed by atoms with Gasteiger partial charge in [-0.05, 0) is 17.8 Å². The van der Waals surface area contributed by atoms with Gasteiger partial charge in [0.1, 0.15) is 0 Å². The second kappa shape index (κ2) is 5.62. The third-order valence-corrected chi connectivity index (χ3v) is 2.79. The van der Waals surface area contributed by atoms with Gasteiger partial charge in [0.05, 0.1) is 0 Å². The van der Waals surface area contributed by atoms with Crippen molar-refractivity contribution in [1.29, 1.82) is 0 Å². The summed E-state index contributed by atoms with van der Waals surface area (Å²) in [5.41, 5.74) is 0.653. The molecule has 0 aromatic heterocycles. The molecule has 1 saturated carbocycles. The van der Waals surface area contributed by atoms with Gasteiger partial charge in [0.2, 0.25) is 0 Å². The van der Waals surface area contributed by atoms with Gasteiger partial charge >= 0.3 is 0 Å². The number of hydrogen-bond acceptors (Lipinski definition) is 0. The monoisotopic (exact) mass is 158 g/mol. The SMILES string of the molecule is C.CC.CC1CCCC1(C)C. The number of hydrogen-bond donors (Lipinski definition) is 0. The van der Waals surface area contributed by atoms with E-state index in [0.29, 0.717) is 5.41 Å². The Morgan fingerprint density at radius 1 is 1.18 bits per heavy atom. The molecule has 11 heavy (non-hydrogen) atoms. The summed E-state index contributed by atoms with van der Waals surface area (Å²) in [6, 6.07) is 0. The molecule has 0 nitrogen and oxygen atoms in total. The Balaban J connectivity index is 0. The Bertz CT molecular complexity index is 82.0. The molecule has 0 heterocycles. The normalized spacial score (nSPS) is 26.5. The summed E-state index contributed by atoms with van der Waals surface area (Å²) in [6.45, 7) is 11.1. The van der Waals surface area contributed by atoms with Crippen LogP contribution in [-0.2, 0) is 0 Å². The van der Waals surface area contributed by atoms with Crippen molar-refractivity contribution in [3.8, 4) is 0 Å². The van der Waals surface area contributed by atoms with E-state index in [1.54, 1.807) is 0 Å². The number of rotatable bonds is 0. The maximum Gasteiger partial charge on any atom is -0.0329 e. The zero-order valence-electron chi connectivity index (χ0n) is 8.20.